The summed E-state index contributed by atoms with van der Waals surface area (Å²) in [6.07, 6.45) is -0.320. The number of ketones is 1. The van der Waals surface area contributed by atoms with Gasteiger partial charge in [-0.15, -0.1) is 0 Å². The van der Waals surface area contributed by atoms with Crippen molar-refractivity contribution < 1.29 is 43.2 Å². The van der Waals surface area contributed by atoms with Crippen LogP contribution in [0.4, 0.5) is 0 Å². The van der Waals surface area contributed by atoms with Gasteiger partial charge in [0, 0.05) is 24.3 Å². The molecule has 43 heavy (non-hydrogen) atoms. The zero-order chi connectivity index (χ0) is 31.6. The van der Waals surface area contributed by atoms with Gasteiger partial charge in [-0.05, 0) is 62.3 Å². The molecule has 0 radical (unpaired) electrons. The van der Waals surface area contributed by atoms with Crippen molar-refractivity contribution in [1.29, 1.82) is 0 Å². The van der Waals surface area contributed by atoms with E-state index in [4.69, 9.17) is 18.9 Å². The highest BCUT2D eigenvalue weighted by molar-refractivity contribution is 5.96. The molecular weight excluding hydrogens is 552 g/mol. The van der Waals surface area contributed by atoms with E-state index >= 15 is 0 Å². The number of benzene rings is 1. The number of aliphatic hydroxyl groups excluding tert-OH is 1. The molecule has 1 saturated heterocycles. The quantitative estimate of drug-likeness (QED) is 0.174. The van der Waals surface area contributed by atoms with Gasteiger partial charge >= 0.3 is 17.9 Å². The minimum absolute atomic E-state index is 0.244. The molecule has 0 bridgehead atoms. The Bertz CT molecular complexity index is 1390. The molecule has 5 rings (SSSR count). The summed E-state index contributed by atoms with van der Waals surface area (Å²) >= 11 is 0. The summed E-state index contributed by atoms with van der Waals surface area (Å²) in [5, 5.41) is 11.9. The SMILES string of the molecule is C/C=C(\C)C(=O)O[C@H]1[C@@H](C)C[C@@]23O[C@@]12/C=C(\C)[C@@H](O)C(OC(=O)c1ccccc1)[C@H]1[C@@H]([C@H](OC(C)=O)[C@@H](C)C3=O)C1(C)C. The summed E-state index contributed by atoms with van der Waals surface area (Å²) in [7, 11) is 0. The monoisotopic (exact) mass is 594 g/mol. The first-order chi connectivity index (χ1) is 20.1. The highest BCUT2D eigenvalue weighted by Crippen LogP contribution is 2.68. The molecule has 0 spiro atoms. The van der Waals surface area contributed by atoms with Gasteiger partial charge in [-0.1, -0.05) is 52.0 Å². The number of aliphatic hydroxyl groups is 1. The van der Waals surface area contributed by atoms with Crippen LogP contribution in [0.25, 0.3) is 0 Å². The summed E-state index contributed by atoms with van der Waals surface area (Å²) in [5.41, 5.74) is -2.01. The number of epoxide rings is 1. The van der Waals surface area contributed by atoms with Gasteiger partial charge in [-0.25, -0.2) is 9.59 Å². The third-order valence-corrected chi connectivity index (χ3v) is 10.3. The Labute approximate surface area is 252 Å². The number of carbonyl (C=O) groups excluding carboxylic acids is 4. The van der Waals surface area contributed by atoms with E-state index in [9.17, 15) is 24.3 Å². The molecule has 0 amide bonds. The number of hydrogen-bond acceptors (Lipinski definition) is 9. The van der Waals surface area contributed by atoms with Crippen molar-refractivity contribution in [2.24, 2.45) is 29.1 Å². The smallest absolute Gasteiger partial charge is 0.338 e. The van der Waals surface area contributed by atoms with Crippen LogP contribution in [0.1, 0.15) is 72.2 Å². The van der Waals surface area contributed by atoms with Crippen molar-refractivity contribution in [3.05, 3.63) is 59.2 Å². The Kier molecular flexibility index (Phi) is 7.75. The lowest BCUT2D eigenvalue weighted by atomic mass is 9.80. The first kappa shape index (κ1) is 31.1. The molecule has 1 unspecified atom stereocenters. The minimum atomic E-state index is -1.33. The highest BCUT2D eigenvalue weighted by atomic mass is 16.7. The van der Waals surface area contributed by atoms with Crippen molar-refractivity contribution in [2.45, 2.75) is 97.4 Å². The van der Waals surface area contributed by atoms with Crippen molar-refractivity contribution in [3.63, 3.8) is 0 Å². The second kappa shape index (κ2) is 10.7. The maximum absolute atomic E-state index is 14.4. The molecule has 1 aromatic rings. The van der Waals surface area contributed by atoms with Gasteiger partial charge in [0.2, 0.25) is 0 Å². The summed E-state index contributed by atoms with van der Waals surface area (Å²) < 4.78 is 24.3. The minimum Gasteiger partial charge on any atom is -0.461 e. The predicted molar refractivity (Wildman–Crippen MR) is 156 cm³/mol. The van der Waals surface area contributed by atoms with Crippen LogP contribution in [-0.2, 0) is 33.3 Å². The largest absolute Gasteiger partial charge is 0.461 e. The molecule has 4 aliphatic rings. The Morgan fingerprint density at radius 2 is 1.63 bits per heavy atom. The fourth-order valence-electron chi connectivity index (χ4n) is 7.79. The fraction of sp³-hybridized carbons (Fsp3) is 0.588. The first-order valence-electron chi connectivity index (χ1n) is 15.0. The lowest BCUT2D eigenvalue weighted by Crippen LogP contribution is -2.43. The summed E-state index contributed by atoms with van der Waals surface area (Å²) in [5.74, 6) is -3.74. The van der Waals surface area contributed by atoms with Crippen LogP contribution >= 0.6 is 0 Å². The van der Waals surface area contributed by atoms with Gasteiger partial charge in [0.15, 0.2) is 17.0 Å². The van der Waals surface area contributed by atoms with Crippen LogP contribution in [0, 0.1) is 29.1 Å². The van der Waals surface area contributed by atoms with E-state index in [1.54, 1.807) is 70.2 Å². The number of fused-ring (bicyclic) bond motifs is 1. The summed E-state index contributed by atoms with van der Waals surface area (Å²) in [6.45, 7) is 13.9. The van der Waals surface area contributed by atoms with E-state index < -0.39 is 70.8 Å². The van der Waals surface area contributed by atoms with Gasteiger partial charge in [-0.3, -0.25) is 9.59 Å². The first-order valence-corrected chi connectivity index (χ1v) is 15.0. The van der Waals surface area contributed by atoms with E-state index in [-0.39, 0.29) is 17.6 Å². The number of hydrogen-bond donors (Lipinski definition) is 1. The Morgan fingerprint density at radius 3 is 2.23 bits per heavy atom. The molecule has 1 aliphatic heterocycles. The van der Waals surface area contributed by atoms with Gasteiger partial charge in [0.25, 0.3) is 0 Å². The number of ether oxygens (including phenoxy) is 4. The molecule has 9 heteroatoms. The number of rotatable bonds is 5. The molecule has 232 valence electrons. The maximum Gasteiger partial charge on any atom is 0.338 e. The Hall–Kier alpha value is -3.30. The lowest BCUT2D eigenvalue weighted by Gasteiger charge is -2.28. The van der Waals surface area contributed by atoms with Crippen LogP contribution in [0.3, 0.4) is 0 Å². The molecule has 1 heterocycles. The predicted octanol–water partition coefficient (Wildman–Crippen LogP) is 4.37. The number of Topliss-reactive ketones (excluding diaryl/α,β-unsaturated/α-hetero) is 1. The average Bonchev–Trinajstić information content (AvgIpc) is 3.76. The van der Waals surface area contributed by atoms with Crippen molar-refractivity contribution >= 4 is 23.7 Å². The van der Waals surface area contributed by atoms with Crippen LogP contribution in [0.5, 0.6) is 0 Å². The third-order valence-electron chi connectivity index (χ3n) is 10.3. The highest BCUT2D eigenvalue weighted by Gasteiger charge is 2.84. The molecule has 0 aromatic heterocycles. The van der Waals surface area contributed by atoms with E-state index in [2.05, 4.69) is 0 Å². The molecule has 1 aromatic carbocycles. The third kappa shape index (κ3) is 4.85. The second-order valence-electron chi connectivity index (χ2n) is 13.4. The lowest BCUT2D eigenvalue weighted by molar-refractivity contribution is -0.154. The van der Waals surface area contributed by atoms with Gasteiger partial charge in [-0.2, -0.15) is 0 Å². The van der Waals surface area contributed by atoms with E-state index in [1.807, 2.05) is 20.8 Å². The Balaban J connectivity index is 1.62. The van der Waals surface area contributed by atoms with Crippen LogP contribution in [-0.4, -0.2) is 64.4 Å². The molecule has 9 nitrogen and oxygen atoms in total. The van der Waals surface area contributed by atoms with Crippen molar-refractivity contribution in [2.75, 3.05) is 0 Å². The molecular formula is C34H42O9. The number of esters is 3. The molecule has 2 saturated carbocycles. The average molecular weight is 595 g/mol. The summed E-state index contributed by atoms with van der Waals surface area (Å²) in [4.78, 5) is 53.1. The fourth-order valence-corrected chi connectivity index (χ4v) is 7.79. The normalized spacial score (nSPS) is 40.8. The van der Waals surface area contributed by atoms with Gasteiger partial charge in [0.05, 0.1) is 11.5 Å². The molecule has 3 fully saturated rings. The van der Waals surface area contributed by atoms with Crippen molar-refractivity contribution in [1.82, 2.24) is 0 Å². The molecule has 3 aliphatic carbocycles. The van der Waals surface area contributed by atoms with Crippen LogP contribution in [0.15, 0.2) is 53.6 Å². The zero-order valence-electron chi connectivity index (χ0n) is 26.1. The standard InChI is InChI=1S/C34H42O9/c1-9-17(2)30(38)42-29-19(4)16-33-28(37)20(5)26(40-21(6)35)23-24(32(23,7)8)27(25(36)18(3)15-34(29,33)43-33)41-31(39)22-13-11-10-12-14-22/h9-15,19-20,23-27,29,36H,16H2,1-8H3/b17-9+,18-15+/t19-,20+,23-,24+,25+,26+,27?,29-,33-,34-/m0/s1. The molecule has 1 N–H and O–H groups in total. The number of carbonyl (C=O) groups is 4. The number of allylic oxidation sites excluding steroid dienone is 1. The summed E-state index contributed by atoms with van der Waals surface area (Å²) in [6, 6.07) is 8.52. The van der Waals surface area contributed by atoms with Gasteiger partial charge in [0.1, 0.15) is 24.4 Å². The Morgan fingerprint density at radius 1 is 1.00 bits per heavy atom. The van der Waals surface area contributed by atoms with E-state index in [1.165, 1.54) is 6.92 Å². The van der Waals surface area contributed by atoms with Crippen LogP contribution < -0.4 is 0 Å². The van der Waals surface area contributed by atoms with Crippen LogP contribution in [0.2, 0.25) is 0 Å². The van der Waals surface area contributed by atoms with E-state index in [0.29, 0.717) is 23.1 Å². The van der Waals surface area contributed by atoms with Crippen molar-refractivity contribution in [3.8, 4) is 0 Å². The zero-order valence-corrected chi connectivity index (χ0v) is 26.1. The molecule has 10 atom stereocenters. The van der Waals surface area contributed by atoms with E-state index in [0.717, 1.165) is 0 Å². The maximum atomic E-state index is 14.4. The second-order valence-corrected chi connectivity index (χ2v) is 13.4. The topological polar surface area (TPSA) is 129 Å². The van der Waals surface area contributed by atoms with Gasteiger partial charge < -0.3 is 24.1 Å².